The Morgan fingerprint density at radius 1 is 1.23 bits per heavy atom. The molecule has 0 bridgehead atoms. The third kappa shape index (κ3) is 6.44. The van der Waals surface area contributed by atoms with Gasteiger partial charge in [0.25, 0.3) is 0 Å². The van der Waals surface area contributed by atoms with Crippen molar-refractivity contribution >= 4 is 17.3 Å². The molecule has 0 saturated carbocycles. The third-order valence-electron chi connectivity index (χ3n) is 7.14. The van der Waals surface area contributed by atoms with Gasteiger partial charge in [-0.05, 0) is 75.9 Å². The van der Waals surface area contributed by atoms with E-state index in [2.05, 4.69) is 51.9 Å². The van der Waals surface area contributed by atoms with Crippen LogP contribution < -0.4 is 10.6 Å². The quantitative estimate of drug-likeness (QED) is 0.497. The van der Waals surface area contributed by atoms with Crippen LogP contribution in [0.5, 0.6) is 0 Å². The molecule has 4 rings (SSSR count). The summed E-state index contributed by atoms with van der Waals surface area (Å²) in [7, 11) is 2.27. The minimum Gasteiger partial charge on any atom is -0.381 e. The van der Waals surface area contributed by atoms with Gasteiger partial charge in [-0.1, -0.05) is 6.07 Å². The number of guanidine groups is 1. The highest BCUT2D eigenvalue weighted by atomic mass is 32.1. The summed E-state index contributed by atoms with van der Waals surface area (Å²) in [5.74, 6) is 2.33. The molecule has 3 saturated heterocycles. The Kier molecular flexibility index (Phi) is 8.64. The van der Waals surface area contributed by atoms with Crippen LogP contribution in [0.3, 0.4) is 0 Å². The summed E-state index contributed by atoms with van der Waals surface area (Å²) in [6.45, 7) is 10.6. The number of hydrogen-bond acceptors (Lipinski definition) is 5. The Balaban J connectivity index is 1.29. The predicted molar refractivity (Wildman–Crippen MR) is 130 cm³/mol. The van der Waals surface area contributed by atoms with Gasteiger partial charge in [-0.15, -0.1) is 11.3 Å². The number of ether oxygens (including phenoxy) is 1. The molecule has 0 aromatic carbocycles. The average Bonchev–Trinajstić information content (AvgIpc) is 3.48. The highest BCUT2D eigenvalue weighted by Gasteiger charge is 2.31. The zero-order valence-corrected chi connectivity index (χ0v) is 20.2. The Morgan fingerprint density at radius 2 is 2.10 bits per heavy atom. The first kappa shape index (κ1) is 23.0. The van der Waals surface area contributed by atoms with E-state index in [0.717, 1.165) is 38.2 Å². The van der Waals surface area contributed by atoms with Gasteiger partial charge in [-0.3, -0.25) is 9.89 Å². The van der Waals surface area contributed by atoms with Crippen LogP contribution in [0, 0.1) is 11.8 Å². The van der Waals surface area contributed by atoms with Gasteiger partial charge in [0.2, 0.25) is 0 Å². The van der Waals surface area contributed by atoms with Crippen molar-refractivity contribution in [1.82, 2.24) is 20.4 Å². The van der Waals surface area contributed by atoms with E-state index in [0.29, 0.717) is 18.0 Å². The Hall–Kier alpha value is -1.15. The van der Waals surface area contributed by atoms with Gasteiger partial charge in [0.1, 0.15) is 0 Å². The smallest absolute Gasteiger partial charge is 0.191 e. The van der Waals surface area contributed by atoms with Gasteiger partial charge < -0.3 is 20.3 Å². The molecule has 3 unspecified atom stereocenters. The van der Waals surface area contributed by atoms with Gasteiger partial charge >= 0.3 is 0 Å². The van der Waals surface area contributed by atoms with Crippen LogP contribution in [0.2, 0.25) is 0 Å². The van der Waals surface area contributed by atoms with Crippen molar-refractivity contribution in [3.63, 3.8) is 0 Å². The third-order valence-corrected chi connectivity index (χ3v) is 8.08. The second-order valence-corrected chi connectivity index (χ2v) is 10.5. The molecule has 7 heteroatoms. The van der Waals surface area contributed by atoms with Crippen LogP contribution in [-0.2, 0) is 4.74 Å². The van der Waals surface area contributed by atoms with E-state index < -0.39 is 0 Å². The van der Waals surface area contributed by atoms with E-state index in [1.807, 2.05) is 11.3 Å². The minimum absolute atomic E-state index is 0.503. The lowest BCUT2D eigenvalue weighted by Crippen LogP contribution is -2.49. The van der Waals surface area contributed by atoms with Gasteiger partial charge in [-0.25, -0.2) is 0 Å². The molecule has 4 heterocycles. The lowest BCUT2D eigenvalue weighted by atomic mass is 9.88. The maximum absolute atomic E-state index is 5.55. The fourth-order valence-corrected chi connectivity index (χ4v) is 6.42. The number of hydrogen-bond donors (Lipinski definition) is 2. The lowest BCUT2D eigenvalue weighted by molar-refractivity contribution is 0.128. The van der Waals surface area contributed by atoms with Crippen molar-refractivity contribution in [2.45, 2.75) is 51.1 Å². The lowest BCUT2D eigenvalue weighted by Gasteiger charge is -2.38. The van der Waals surface area contributed by atoms with Crippen LogP contribution in [0.4, 0.5) is 0 Å². The minimum atomic E-state index is 0.503. The molecule has 3 atom stereocenters. The van der Waals surface area contributed by atoms with Gasteiger partial charge in [0.05, 0.1) is 6.61 Å². The van der Waals surface area contributed by atoms with Crippen molar-refractivity contribution in [1.29, 1.82) is 0 Å². The highest BCUT2D eigenvalue weighted by Crippen LogP contribution is 2.37. The number of piperidine rings is 2. The molecule has 0 spiro atoms. The van der Waals surface area contributed by atoms with Gasteiger partial charge in [-0.2, -0.15) is 0 Å². The van der Waals surface area contributed by atoms with Crippen LogP contribution in [0.25, 0.3) is 0 Å². The highest BCUT2D eigenvalue weighted by molar-refractivity contribution is 7.10. The molecule has 2 N–H and O–H groups in total. The maximum atomic E-state index is 5.55. The van der Waals surface area contributed by atoms with Crippen LogP contribution in [0.15, 0.2) is 22.5 Å². The summed E-state index contributed by atoms with van der Waals surface area (Å²) < 4.78 is 5.55. The van der Waals surface area contributed by atoms with Crippen molar-refractivity contribution in [3.8, 4) is 0 Å². The number of thiophene rings is 1. The molecule has 6 nitrogen and oxygen atoms in total. The molecule has 1 aromatic rings. The number of nitrogens with one attached hydrogen (secondary N) is 2. The standard InChI is InChI=1S/C24H41N5OS/c1-3-25-24(27-21-8-12-29(13-9-21)17-19-10-14-30-18-19)26-16-20-6-4-11-28(2)23(20)22-7-5-15-31-22/h5,7,15,19-21,23H,3-4,6,8-14,16-18H2,1-2H3,(H2,25,26,27). The normalized spacial score (nSPS) is 29.4. The average molecular weight is 448 g/mol. The molecule has 1 aromatic heterocycles. The second-order valence-electron chi connectivity index (χ2n) is 9.51. The molecular weight excluding hydrogens is 406 g/mol. The summed E-state index contributed by atoms with van der Waals surface area (Å²) in [6.07, 6.45) is 6.16. The van der Waals surface area contributed by atoms with Gasteiger partial charge in [0, 0.05) is 56.3 Å². The molecule has 0 radical (unpaired) electrons. The van der Waals surface area contributed by atoms with Crippen LogP contribution >= 0.6 is 11.3 Å². The fourth-order valence-electron chi connectivity index (χ4n) is 5.43. The van der Waals surface area contributed by atoms with Crippen molar-refractivity contribution < 1.29 is 4.74 Å². The number of nitrogens with zero attached hydrogens (tertiary/aromatic N) is 3. The summed E-state index contributed by atoms with van der Waals surface area (Å²) in [5, 5.41) is 9.45. The number of likely N-dealkylation sites (tertiary alicyclic amines) is 2. The molecule has 174 valence electrons. The molecule has 0 amide bonds. The molecule has 3 fully saturated rings. The second kappa shape index (κ2) is 11.6. The Labute approximate surface area is 192 Å². The molecular formula is C24H41N5OS. The first-order valence-electron chi connectivity index (χ1n) is 12.3. The van der Waals surface area contributed by atoms with Crippen molar-refractivity contribution in [2.75, 3.05) is 59.5 Å². The van der Waals surface area contributed by atoms with E-state index in [9.17, 15) is 0 Å². The zero-order chi connectivity index (χ0) is 21.5. The van der Waals surface area contributed by atoms with Crippen LogP contribution in [-0.4, -0.2) is 81.3 Å². The fraction of sp³-hybridized carbons (Fsp3) is 0.792. The summed E-state index contributed by atoms with van der Waals surface area (Å²) in [5.41, 5.74) is 0. The van der Waals surface area contributed by atoms with E-state index in [1.54, 1.807) is 0 Å². The molecule has 3 aliphatic rings. The number of aliphatic imine (C=N–C) groups is 1. The first-order valence-corrected chi connectivity index (χ1v) is 13.2. The van der Waals surface area contributed by atoms with E-state index >= 15 is 0 Å². The maximum Gasteiger partial charge on any atom is 0.191 e. The van der Waals surface area contributed by atoms with Crippen molar-refractivity contribution in [2.24, 2.45) is 16.8 Å². The summed E-state index contributed by atoms with van der Waals surface area (Å²) >= 11 is 1.89. The van der Waals surface area contributed by atoms with E-state index in [1.165, 1.54) is 63.2 Å². The largest absolute Gasteiger partial charge is 0.381 e. The Morgan fingerprint density at radius 3 is 2.81 bits per heavy atom. The van der Waals surface area contributed by atoms with E-state index in [4.69, 9.17) is 9.73 Å². The number of rotatable bonds is 7. The molecule has 31 heavy (non-hydrogen) atoms. The summed E-state index contributed by atoms with van der Waals surface area (Å²) in [4.78, 5) is 11.7. The van der Waals surface area contributed by atoms with Gasteiger partial charge in [0.15, 0.2) is 5.96 Å². The topological polar surface area (TPSA) is 52.1 Å². The monoisotopic (exact) mass is 447 g/mol. The first-order chi connectivity index (χ1) is 15.2. The molecule has 3 aliphatic heterocycles. The van der Waals surface area contributed by atoms with Crippen molar-refractivity contribution in [3.05, 3.63) is 22.4 Å². The van der Waals surface area contributed by atoms with E-state index in [-0.39, 0.29) is 0 Å². The van der Waals surface area contributed by atoms with Crippen LogP contribution in [0.1, 0.15) is 49.9 Å². The molecule has 0 aliphatic carbocycles. The Bertz CT molecular complexity index is 668. The SMILES string of the molecule is CCNC(=NCC1CCCN(C)C1c1cccs1)NC1CCN(CC2CCOC2)CC1. The zero-order valence-electron chi connectivity index (χ0n) is 19.4. The predicted octanol–water partition coefficient (Wildman–Crippen LogP) is 3.19. The summed E-state index contributed by atoms with van der Waals surface area (Å²) in [6, 6.07) is 5.50.